The molecular weight excluding hydrogens is 254 g/mol. The molecule has 0 aromatic carbocycles. The van der Waals surface area contributed by atoms with Crippen molar-refractivity contribution in [1.29, 1.82) is 0 Å². The summed E-state index contributed by atoms with van der Waals surface area (Å²) in [4.78, 5) is 10.5. The number of aromatic nitrogens is 1. The zero-order valence-corrected chi connectivity index (χ0v) is 8.32. The van der Waals surface area contributed by atoms with Gasteiger partial charge in [-0.25, -0.2) is 4.79 Å². The molecule has 1 N–H and O–H groups in total. The van der Waals surface area contributed by atoms with E-state index >= 15 is 0 Å². The van der Waals surface area contributed by atoms with Crippen LogP contribution in [-0.4, -0.2) is 16.2 Å². The van der Waals surface area contributed by atoms with E-state index < -0.39 is 5.97 Å². The number of aromatic carboxylic acids is 1. The molecule has 2 rings (SSSR count). The minimum atomic E-state index is -1.13. The zero-order chi connectivity index (χ0) is 10.1. The monoisotopic (exact) mass is 257 g/mol. The van der Waals surface area contributed by atoms with E-state index in [4.69, 9.17) is 14.0 Å². The summed E-state index contributed by atoms with van der Waals surface area (Å²) in [7, 11) is 0. The van der Waals surface area contributed by atoms with E-state index in [1.807, 2.05) is 0 Å². The average Bonchev–Trinajstić information content (AvgIpc) is 2.70. The Morgan fingerprint density at radius 2 is 2.21 bits per heavy atom. The van der Waals surface area contributed by atoms with Gasteiger partial charge in [-0.15, -0.1) is 0 Å². The number of carboxylic acid groups (broad SMARTS) is 1. The Morgan fingerprint density at radius 3 is 2.71 bits per heavy atom. The molecule has 6 heteroatoms. The van der Waals surface area contributed by atoms with Gasteiger partial charge in [0, 0.05) is 12.1 Å². The minimum absolute atomic E-state index is 0.146. The van der Waals surface area contributed by atoms with Crippen molar-refractivity contribution >= 4 is 21.9 Å². The summed E-state index contributed by atoms with van der Waals surface area (Å²) in [6.07, 6.45) is 1.47. The van der Waals surface area contributed by atoms with Crippen LogP contribution in [-0.2, 0) is 0 Å². The Morgan fingerprint density at radius 1 is 1.43 bits per heavy atom. The molecule has 0 bridgehead atoms. The number of hydrogen-bond donors (Lipinski definition) is 1. The lowest BCUT2D eigenvalue weighted by molar-refractivity contribution is 0.0686. The fourth-order valence-electron chi connectivity index (χ4n) is 0.934. The molecule has 14 heavy (non-hydrogen) atoms. The first-order valence-corrected chi connectivity index (χ1v) is 4.40. The summed E-state index contributed by atoms with van der Waals surface area (Å²) in [6.45, 7) is 0. The van der Waals surface area contributed by atoms with Gasteiger partial charge in [-0.2, -0.15) is 0 Å². The van der Waals surface area contributed by atoms with Gasteiger partial charge in [-0.3, -0.25) is 0 Å². The van der Waals surface area contributed by atoms with E-state index in [0.29, 0.717) is 5.76 Å². The first-order valence-electron chi connectivity index (χ1n) is 3.61. The Labute approximate surface area is 86.4 Å². The third-order valence-electron chi connectivity index (χ3n) is 1.54. The molecule has 2 aromatic rings. The number of halogens is 1. The van der Waals surface area contributed by atoms with Gasteiger partial charge in [0.25, 0.3) is 0 Å². The van der Waals surface area contributed by atoms with E-state index in [-0.39, 0.29) is 11.5 Å². The van der Waals surface area contributed by atoms with Crippen LogP contribution in [0.15, 0.2) is 31.8 Å². The molecular formula is C8H4BrNO4. The van der Waals surface area contributed by atoms with Crippen LogP contribution in [0.1, 0.15) is 10.5 Å². The Kier molecular flexibility index (Phi) is 2.12. The summed E-state index contributed by atoms with van der Waals surface area (Å²) in [5.74, 6) is -0.421. The van der Waals surface area contributed by atoms with Gasteiger partial charge in [-0.1, -0.05) is 5.16 Å². The van der Waals surface area contributed by atoms with Crippen molar-refractivity contribution in [1.82, 2.24) is 5.16 Å². The average molecular weight is 258 g/mol. The molecule has 0 radical (unpaired) electrons. The summed E-state index contributed by atoms with van der Waals surface area (Å²) in [6, 6.07) is 2.96. The number of rotatable bonds is 2. The Balaban J connectivity index is 2.38. The van der Waals surface area contributed by atoms with Crippen LogP contribution >= 0.6 is 15.9 Å². The second kappa shape index (κ2) is 3.30. The van der Waals surface area contributed by atoms with Gasteiger partial charge in [-0.05, 0) is 15.9 Å². The van der Waals surface area contributed by atoms with Gasteiger partial charge in [0.15, 0.2) is 11.5 Å². The van der Waals surface area contributed by atoms with Crippen molar-refractivity contribution in [3.63, 3.8) is 0 Å². The molecule has 0 saturated heterocycles. The van der Waals surface area contributed by atoms with Gasteiger partial charge in [0.05, 0.1) is 4.47 Å². The maximum Gasteiger partial charge on any atom is 0.358 e. The van der Waals surface area contributed by atoms with Crippen molar-refractivity contribution in [3.05, 3.63) is 28.6 Å². The molecule has 0 fully saturated rings. The van der Waals surface area contributed by atoms with E-state index in [1.165, 1.54) is 12.3 Å². The predicted octanol–water partition coefficient (Wildman–Crippen LogP) is 2.40. The van der Waals surface area contributed by atoms with E-state index in [1.54, 1.807) is 6.07 Å². The Hall–Kier alpha value is -1.56. The fourth-order valence-corrected chi connectivity index (χ4v) is 1.24. The highest BCUT2D eigenvalue weighted by molar-refractivity contribution is 9.10. The molecule has 72 valence electrons. The van der Waals surface area contributed by atoms with Crippen LogP contribution in [0.2, 0.25) is 0 Å². The first-order chi connectivity index (χ1) is 6.66. The molecule has 0 unspecified atom stereocenters. The second-order valence-corrected chi connectivity index (χ2v) is 3.43. The molecule has 2 aromatic heterocycles. The highest BCUT2D eigenvalue weighted by Gasteiger charge is 2.14. The molecule has 0 atom stereocenters. The van der Waals surface area contributed by atoms with Crippen LogP contribution in [0, 0.1) is 0 Å². The topological polar surface area (TPSA) is 76.5 Å². The first kappa shape index (κ1) is 9.01. The quantitative estimate of drug-likeness (QED) is 0.894. The summed E-state index contributed by atoms with van der Waals surface area (Å²) in [5.41, 5.74) is -0.146. The summed E-state index contributed by atoms with van der Waals surface area (Å²) >= 11 is 3.19. The minimum Gasteiger partial charge on any atom is -0.476 e. The van der Waals surface area contributed by atoms with E-state index in [2.05, 4.69) is 21.1 Å². The van der Waals surface area contributed by atoms with Crippen LogP contribution in [0.3, 0.4) is 0 Å². The fraction of sp³-hybridized carbons (Fsp3) is 0. The lowest BCUT2D eigenvalue weighted by Crippen LogP contribution is -1.94. The third-order valence-corrected chi connectivity index (χ3v) is 1.96. The zero-order valence-electron chi connectivity index (χ0n) is 6.73. The summed E-state index contributed by atoms with van der Waals surface area (Å²) in [5, 5.41) is 11.9. The molecule has 2 heterocycles. The van der Waals surface area contributed by atoms with Gasteiger partial charge < -0.3 is 14.0 Å². The predicted molar refractivity (Wildman–Crippen MR) is 48.9 cm³/mol. The molecule has 0 aliphatic rings. The molecule has 0 spiro atoms. The largest absolute Gasteiger partial charge is 0.476 e. The highest BCUT2D eigenvalue weighted by Crippen LogP contribution is 2.25. The number of nitrogens with zero attached hydrogens (tertiary/aromatic N) is 1. The van der Waals surface area contributed by atoms with Crippen molar-refractivity contribution in [2.75, 3.05) is 0 Å². The van der Waals surface area contributed by atoms with Crippen LogP contribution in [0.5, 0.6) is 0 Å². The van der Waals surface area contributed by atoms with Gasteiger partial charge >= 0.3 is 5.97 Å². The maximum absolute atomic E-state index is 10.5. The molecule has 0 aliphatic heterocycles. The highest BCUT2D eigenvalue weighted by atomic mass is 79.9. The second-order valence-electron chi connectivity index (χ2n) is 2.51. The van der Waals surface area contributed by atoms with E-state index in [9.17, 15) is 4.79 Å². The standard InChI is InChI=1S/C8H4BrNO4/c9-4-1-6(13-3-4)7-2-5(8(11)12)10-14-7/h1-3H,(H,11,12). The van der Waals surface area contributed by atoms with Crippen LogP contribution in [0.25, 0.3) is 11.5 Å². The van der Waals surface area contributed by atoms with Crippen molar-refractivity contribution in [2.45, 2.75) is 0 Å². The third kappa shape index (κ3) is 1.56. The number of carbonyl (C=O) groups is 1. The number of furan rings is 1. The lowest BCUT2D eigenvalue weighted by Gasteiger charge is -1.82. The maximum atomic E-state index is 10.5. The lowest BCUT2D eigenvalue weighted by atomic mass is 10.3. The van der Waals surface area contributed by atoms with Crippen LogP contribution in [0.4, 0.5) is 0 Å². The SMILES string of the molecule is O=C(O)c1cc(-c2cc(Br)co2)on1. The van der Waals surface area contributed by atoms with Gasteiger partial charge in [0.2, 0.25) is 5.76 Å². The van der Waals surface area contributed by atoms with Crippen molar-refractivity contribution in [2.24, 2.45) is 0 Å². The summed E-state index contributed by atoms with van der Waals surface area (Å²) < 4.78 is 10.6. The normalized spacial score (nSPS) is 10.4. The molecule has 0 aliphatic carbocycles. The molecule has 5 nitrogen and oxygen atoms in total. The van der Waals surface area contributed by atoms with Gasteiger partial charge in [0.1, 0.15) is 6.26 Å². The number of hydrogen-bond acceptors (Lipinski definition) is 4. The number of carboxylic acids is 1. The van der Waals surface area contributed by atoms with Crippen molar-refractivity contribution in [3.8, 4) is 11.5 Å². The smallest absolute Gasteiger partial charge is 0.358 e. The molecule has 0 amide bonds. The Bertz CT molecular complexity index is 473. The van der Waals surface area contributed by atoms with Crippen LogP contribution < -0.4 is 0 Å². The van der Waals surface area contributed by atoms with E-state index in [0.717, 1.165) is 4.47 Å². The van der Waals surface area contributed by atoms with Crippen molar-refractivity contribution < 1.29 is 18.8 Å². The molecule has 0 saturated carbocycles.